The van der Waals surface area contributed by atoms with Gasteiger partial charge in [-0.05, 0) is 31.9 Å². The number of aromatic nitrogens is 2. The standard InChI is InChI=1S/C11H19N3/c1-5-10-13-8(3)11(7(2)6-12)9(4)14-10/h7H,5-6,12H2,1-4H3. The van der Waals surface area contributed by atoms with Crippen LogP contribution in [0.2, 0.25) is 0 Å². The third kappa shape index (κ3) is 2.10. The Hall–Kier alpha value is -0.960. The van der Waals surface area contributed by atoms with Gasteiger partial charge in [-0.3, -0.25) is 0 Å². The molecule has 0 aliphatic carbocycles. The highest BCUT2D eigenvalue weighted by Gasteiger charge is 2.12. The van der Waals surface area contributed by atoms with E-state index in [9.17, 15) is 0 Å². The van der Waals surface area contributed by atoms with Crippen molar-refractivity contribution in [2.45, 2.75) is 40.0 Å². The van der Waals surface area contributed by atoms with Crippen LogP contribution >= 0.6 is 0 Å². The van der Waals surface area contributed by atoms with Crippen molar-refractivity contribution in [1.82, 2.24) is 9.97 Å². The van der Waals surface area contributed by atoms with Crippen LogP contribution in [0.4, 0.5) is 0 Å². The van der Waals surface area contributed by atoms with E-state index in [1.54, 1.807) is 0 Å². The van der Waals surface area contributed by atoms with Gasteiger partial charge >= 0.3 is 0 Å². The summed E-state index contributed by atoms with van der Waals surface area (Å²) >= 11 is 0. The van der Waals surface area contributed by atoms with Gasteiger partial charge in [-0.1, -0.05) is 13.8 Å². The fourth-order valence-electron chi connectivity index (χ4n) is 1.78. The molecule has 3 nitrogen and oxygen atoms in total. The van der Waals surface area contributed by atoms with E-state index >= 15 is 0 Å². The van der Waals surface area contributed by atoms with E-state index in [0.717, 1.165) is 23.6 Å². The second-order valence-corrected chi connectivity index (χ2v) is 3.71. The van der Waals surface area contributed by atoms with Crippen molar-refractivity contribution >= 4 is 0 Å². The zero-order valence-corrected chi connectivity index (χ0v) is 9.46. The normalized spacial score (nSPS) is 12.9. The summed E-state index contributed by atoms with van der Waals surface area (Å²) < 4.78 is 0. The second kappa shape index (κ2) is 4.51. The lowest BCUT2D eigenvalue weighted by Crippen LogP contribution is -2.14. The Balaban J connectivity index is 3.18. The molecule has 1 heterocycles. The Labute approximate surface area is 85.8 Å². The molecule has 0 spiro atoms. The first-order valence-electron chi connectivity index (χ1n) is 5.14. The molecule has 2 N–H and O–H groups in total. The van der Waals surface area contributed by atoms with Crippen molar-refractivity contribution < 1.29 is 0 Å². The molecule has 0 bridgehead atoms. The van der Waals surface area contributed by atoms with Crippen molar-refractivity contribution in [2.24, 2.45) is 5.73 Å². The molecule has 0 aliphatic heterocycles. The molecule has 78 valence electrons. The molecule has 0 aliphatic rings. The first-order chi connectivity index (χ1) is 6.60. The van der Waals surface area contributed by atoms with Crippen molar-refractivity contribution in [1.29, 1.82) is 0 Å². The molecule has 14 heavy (non-hydrogen) atoms. The average molecular weight is 193 g/mol. The van der Waals surface area contributed by atoms with Gasteiger partial charge in [0.25, 0.3) is 0 Å². The molecule has 3 heteroatoms. The molecular formula is C11H19N3. The van der Waals surface area contributed by atoms with E-state index in [-0.39, 0.29) is 0 Å². The molecule has 1 unspecified atom stereocenters. The van der Waals surface area contributed by atoms with Crippen molar-refractivity contribution in [3.63, 3.8) is 0 Å². The summed E-state index contributed by atoms with van der Waals surface area (Å²) in [6.07, 6.45) is 0.888. The van der Waals surface area contributed by atoms with Crippen LogP contribution < -0.4 is 5.73 Å². The molecule has 1 rings (SSSR count). The van der Waals surface area contributed by atoms with Crippen LogP contribution in [0.1, 0.15) is 42.5 Å². The Morgan fingerprint density at radius 3 is 2.07 bits per heavy atom. The lowest BCUT2D eigenvalue weighted by Gasteiger charge is -2.15. The van der Waals surface area contributed by atoms with E-state index < -0.39 is 0 Å². The molecular weight excluding hydrogens is 174 g/mol. The fourth-order valence-corrected chi connectivity index (χ4v) is 1.78. The monoisotopic (exact) mass is 193 g/mol. The van der Waals surface area contributed by atoms with Crippen LogP contribution in [0.25, 0.3) is 0 Å². The molecule has 0 fully saturated rings. The van der Waals surface area contributed by atoms with E-state index in [0.29, 0.717) is 12.5 Å². The maximum atomic E-state index is 5.66. The highest BCUT2D eigenvalue weighted by atomic mass is 14.9. The predicted molar refractivity (Wildman–Crippen MR) is 58.4 cm³/mol. The van der Waals surface area contributed by atoms with Gasteiger partial charge in [0, 0.05) is 17.8 Å². The number of nitrogens with two attached hydrogens (primary N) is 1. The average Bonchev–Trinajstić information content (AvgIpc) is 2.16. The van der Waals surface area contributed by atoms with E-state index in [1.165, 1.54) is 5.56 Å². The van der Waals surface area contributed by atoms with Crippen LogP contribution in [-0.2, 0) is 6.42 Å². The van der Waals surface area contributed by atoms with Crippen LogP contribution in [0, 0.1) is 13.8 Å². The smallest absolute Gasteiger partial charge is 0.128 e. The van der Waals surface area contributed by atoms with Crippen LogP contribution in [0.15, 0.2) is 0 Å². The van der Waals surface area contributed by atoms with Crippen LogP contribution in [-0.4, -0.2) is 16.5 Å². The SMILES string of the molecule is CCc1nc(C)c(C(C)CN)c(C)n1. The Morgan fingerprint density at radius 1 is 1.21 bits per heavy atom. The summed E-state index contributed by atoms with van der Waals surface area (Å²) in [5.74, 6) is 1.27. The van der Waals surface area contributed by atoms with Crippen LogP contribution in [0.5, 0.6) is 0 Å². The molecule has 0 amide bonds. The summed E-state index contributed by atoms with van der Waals surface area (Å²) in [6, 6.07) is 0. The first kappa shape index (κ1) is 11.1. The fraction of sp³-hybridized carbons (Fsp3) is 0.636. The summed E-state index contributed by atoms with van der Waals surface area (Å²) in [4.78, 5) is 8.91. The summed E-state index contributed by atoms with van der Waals surface area (Å²) in [5.41, 5.74) is 9.02. The maximum absolute atomic E-state index is 5.66. The third-order valence-electron chi connectivity index (χ3n) is 2.54. The van der Waals surface area contributed by atoms with Gasteiger partial charge in [-0.15, -0.1) is 0 Å². The number of hydrogen-bond acceptors (Lipinski definition) is 3. The highest BCUT2D eigenvalue weighted by Crippen LogP contribution is 2.20. The van der Waals surface area contributed by atoms with Gasteiger partial charge in [0.15, 0.2) is 0 Å². The quantitative estimate of drug-likeness (QED) is 0.795. The highest BCUT2D eigenvalue weighted by molar-refractivity contribution is 5.28. The predicted octanol–water partition coefficient (Wildman–Crippen LogP) is 1.72. The molecule has 0 saturated heterocycles. The minimum atomic E-state index is 0.348. The Kier molecular flexibility index (Phi) is 3.58. The number of hydrogen-bond donors (Lipinski definition) is 1. The summed E-state index contributed by atoms with van der Waals surface area (Å²) in [6.45, 7) is 8.91. The number of nitrogens with zero attached hydrogens (tertiary/aromatic N) is 2. The number of rotatable bonds is 3. The topological polar surface area (TPSA) is 51.8 Å². The maximum Gasteiger partial charge on any atom is 0.128 e. The Bertz CT molecular complexity index is 297. The molecule has 0 radical (unpaired) electrons. The lowest BCUT2D eigenvalue weighted by atomic mass is 9.98. The zero-order chi connectivity index (χ0) is 10.7. The number of aryl methyl sites for hydroxylation is 3. The van der Waals surface area contributed by atoms with E-state index in [4.69, 9.17) is 5.73 Å². The second-order valence-electron chi connectivity index (χ2n) is 3.71. The molecule has 1 aromatic heterocycles. The summed E-state index contributed by atoms with van der Waals surface area (Å²) in [5, 5.41) is 0. The molecule has 0 saturated carbocycles. The molecule has 1 aromatic rings. The van der Waals surface area contributed by atoms with Gasteiger partial charge < -0.3 is 5.73 Å². The third-order valence-corrected chi connectivity index (χ3v) is 2.54. The van der Waals surface area contributed by atoms with Gasteiger partial charge in [-0.25, -0.2) is 9.97 Å². The van der Waals surface area contributed by atoms with E-state index in [2.05, 4.69) is 23.8 Å². The largest absolute Gasteiger partial charge is 0.330 e. The van der Waals surface area contributed by atoms with Crippen LogP contribution in [0.3, 0.4) is 0 Å². The van der Waals surface area contributed by atoms with Crippen molar-refractivity contribution in [3.05, 3.63) is 22.8 Å². The van der Waals surface area contributed by atoms with Gasteiger partial charge in [0.2, 0.25) is 0 Å². The van der Waals surface area contributed by atoms with Gasteiger partial charge in [0.1, 0.15) is 5.82 Å². The minimum absolute atomic E-state index is 0.348. The van der Waals surface area contributed by atoms with Crippen molar-refractivity contribution in [2.75, 3.05) is 6.54 Å². The molecule has 0 aromatic carbocycles. The lowest BCUT2D eigenvalue weighted by molar-refractivity contribution is 0.731. The van der Waals surface area contributed by atoms with Gasteiger partial charge in [0.05, 0.1) is 0 Å². The minimum Gasteiger partial charge on any atom is -0.330 e. The van der Waals surface area contributed by atoms with Gasteiger partial charge in [-0.2, -0.15) is 0 Å². The van der Waals surface area contributed by atoms with Crippen molar-refractivity contribution in [3.8, 4) is 0 Å². The Morgan fingerprint density at radius 2 is 1.71 bits per heavy atom. The summed E-state index contributed by atoms with van der Waals surface area (Å²) in [7, 11) is 0. The zero-order valence-electron chi connectivity index (χ0n) is 9.46. The molecule has 1 atom stereocenters. The first-order valence-corrected chi connectivity index (χ1v) is 5.14. The van der Waals surface area contributed by atoms with E-state index in [1.807, 2.05) is 13.8 Å².